The second kappa shape index (κ2) is 7.67. The monoisotopic (exact) mass is 282 g/mol. The van der Waals surface area contributed by atoms with Crippen LogP contribution in [0.25, 0.3) is 0 Å². The summed E-state index contributed by atoms with van der Waals surface area (Å²) in [6, 6.07) is 0.640. The van der Waals surface area contributed by atoms with Gasteiger partial charge in [-0.05, 0) is 53.4 Å². The summed E-state index contributed by atoms with van der Waals surface area (Å²) in [5, 5.41) is 3.48. The number of rotatable bonds is 5. The third-order valence-corrected chi connectivity index (χ3v) is 3.48. The first-order valence-electron chi connectivity index (χ1n) is 7.67. The van der Waals surface area contributed by atoms with E-state index < -0.39 is 5.60 Å². The molecule has 1 amide bonds. The first-order chi connectivity index (χ1) is 9.33. The Hall–Kier alpha value is -1.03. The maximum absolute atomic E-state index is 12.3. The number of carbonyl (C=O) groups excluding carboxylic acids is 1. The van der Waals surface area contributed by atoms with E-state index in [2.05, 4.69) is 18.8 Å². The van der Waals surface area contributed by atoms with Crippen LogP contribution in [0.5, 0.6) is 0 Å². The molecule has 4 nitrogen and oxygen atoms in total. The highest BCUT2D eigenvalue weighted by atomic mass is 16.6. The van der Waals surface area contributed by atoms with Crippen LogP contribution >= 0.6 is 0 Å². The Morgan fingerprint density at radius 2 is 2.20 bits per heavy atom. The van der Waals surface area contributed by atoms with Gasteiger partial charge in [0.15, 0.2) is 0 Å². The van der Waals surface area contributed by atoms with Crippen molar-refractivity contribution in [3.63, 3.8) is 0 Å². The summed E-state index contributed by atoms with van der Waals surface area (Å²) < 4.78 is 5.50. The van der Waals surface area contributed by atoms with Crippen molar-refractivity contribution in [1.29, 1.82) is 0 Å². The Morgan fingerprint density at radius 3 is 2.80 bits per heavy atom. The van der Waals surface area contributed by atoms with E-state index in [1.807, 2.05) is 31.7 Å². The van der Waals surface area contributed by atoms with E-state index in [1.54, 1.807) is 0 Å². The van der Waals surface area contributed by atoms with Gasteiger partial charge in [-0.2, -0.15) is 0 Å². The zero-order chi connectivity index (χ0) is 15.2. The van der Waals surface area contributed by atoms with Crippen LogP contribution in [0.3, 0.4) is 0 Å². The molecule has 1 aliphatic heterocycles. The maximum Gasteiger partial charge on any atom is 0.410 e. The third-order valence-electron chi connectivity index (χ3n) is 3.48. The smallest absolute Gasteiger partial charge is 0.410 e. The Labute approximate surface area is 123 Å². The van der Waals surface area contributed by atoms with Crippen molar-refractivity contribution in [2.45, 2.75) is 71.1 Å². The van der Waals surface area contributed by atoms with Gasteiger partial charge in [-0.15, -0.1) is 6.58 Å². The van der Waals surface area contributed by atoms with Crippen LogP contribution in [0.4, 0.5) is 4.79 Å². The fraction of sp³-hybridized carbons (Fsp3) is 0.812. The topological polar surface area (TPSA) is 41.6 Å². The number of carbonyl (C=O) groups is 1. The molecule has 2 unspecified atom stereocenters. The minimum Gasteiger partial charge on any atom is -0.444 e. The summed E-state index contributed by atoms with van der Waals surface area (Å²) in [5.41, 5.74) is -0.428. The fourth-order valence-electron chi connectivity index (χ4n) is 2.44. The first kappa shape index (κ1) is 17.0. The number of hydrogen-bond donors (Lipinski definition) is 1. The predicted octanol–water partition coefficient (Wildman–Crippen LogP) is 3.33. The summed E-state index contributed by atoms with van der Waals surface area (Å²) in [6.07, 6.45) is 5.98. The molecular weight excluding hydrogens is 252 g/mol. The van der Waals surface area contributed by atoms with Crippen molar-refractivity contribution in [3.8, 4) is 0 Å². The molecule has 0 spiro atoms. The standard InChI is InChI=1S/C16H30N2O2/c1-6-9-13(2)17-12-14-10-7-8-11-18(14)15(19)20-16(3,4)5/h6,13-14,17H,1,7-12H2,2-5H3. The highest BCUT2D eigenvalue weighted by molar-refractivity contribution is 5.68. The lowest BCUT2D eigenvalue weighted by atomic mass is 10.0. The molecule has 20 heavy (non-hydrogen) atoms. The van der Waals surface area contributed by atoms with Crippen molar-refractivity contribution in [3.05, 3.63) is 12.7 Å². The molecule has 0 saturated carbocycles. The number of amides is 1. The van der Waals surface area contributed by atoms with E-state index in [4.69, 9.17) is 4.74 Å². The van der Waals surface area contributed by atoms with E-state index in [0.29, 0.717) is 6.04 Å². The Bertz CT molecular complexity index is 323. The second-order valence-electron chi connectivity index (χ2n) is 6.66. The van der Waals surface area contributed by atoms with E-state index >= 15 is 0 Å². The van der Waals surface area contributed by atoms with Crippen LogP contribution in [0.15, 0.2) is 12.7 Å². The number of piperidine rings is 1. The lowest BCUT2D eigenvalue weighted by Crippen LogP contribution is -2.51. The minimum atomic E-state index is -0.428. The molecule has 0 aromatic rings. The minimum absolute atomic E-state index is 0.180. The summed E-state index contributed by atoms with van der Waals surface area (Å²) in [7, 11) is 0. The van der Waals surface area contributed by atoms with Gasteiger partial charge in [0.25, 0.3) is 0 Å². The van der Waals surface area contributed by atoms with Gasteiger partial charge in [-0.1, -0.05) is 6.08 Å². The van der Waals surface area contributed by atoms with Crippen molar-refractivity contribution < 1.29 is 9.53 Å². The van der Waals surface area contributed by atoms with Crippen molar-refractivity contribution in [1.82, 2.24) is 10.2 Å². The summed E-state index contributed by atoms with van der Waals surface area (Å²) in [4.78, 5) is 14.1. The lowest BCUT2D eigenvalue weighted by Gasteiger charge is -2.37. The number of likely N-dealkylation sites (tertiary alicyclic amines) is 1. The SMILES string of the molecule is C=CCC(C)NCC1CCCCN1C(=O)OC(C)(C)C. The van der Waals surface area contributed by atoms with Crippen LogP contribution in [0.1, 0.15) is 53.4 Å². The highest BCUT2D eigenvalue weighted by Crippen LogP contribution is 2.20. The summed E-state index contributed by atoms with van der Waals surface area (Å²) >= 11 is 0. The summed E-state index contributed by atoms with van der Waals surface area (Å²) in [6.45, 7) is 13.3. The molecule has 0 radical (unpaired) electrons. The normalized spacial score (nSPS) is 21.4. The first-order valence-corrected chi connectivity index (χ1v) is 7.67. The van der Waals surface area contributed by atoms with Crippen molar-refractivity contribution >= 4 is 6.09 Å². The molecule has 0 aliphatic carbocycles. The fourth-order valence-corrected chi connectivity index (χ4v) is 2.44. The molecule has 2 atom stereocenters. The number of nitrogens with zero attached hydrogens (tertiary/aromatic N) is 1. The van der Waals surface area contributed by atoms with E-state index in [-0.39, 0.29) is 12.1 Å². The van der Waals surface area contributed by atoms with Gasteiger partial charge in [-0.3, -0.25) is 0 Å². The molecule has 1 aliphatic rings. The molecule has 0 bridgehead atoms. The molecule has 0 aromatic carbocycles. The zero-order valence-corrected chi connectivity index (χ0v) is 13.4. The highest BCUT2D eigenvalue weighted by Gasteiger charge is 2.30. The van der Waals surface area contributed by atoms with Gasteiger partial charge < -0.3 is 15.0 Å². The predicted molar refractivity (Wildman–Crippen MR) is 82.9 cm³/mol. The van der Waals surface area contributed by atoms with Crippen LogP contribution in [0.2, 0.25) is 0 Å². The zero-order valence-electron chi connectivity index (χ0n) is 13.4. The Morgan fingerprint density at radius 1 is 1.50 bits per heavy atom. The van der Waals surface area contributed by atoms with Crippen LogP contribution in [0, 0.1) is 0 Å². The molecule has 0 aromatic heterocycles. The molecular formula is C16H30N2O2. The molecule has 1 rings (SSSR count). The van der Waals surface area contributed by atoms with Crippen molar-refractivity contribution in [2.24, 2.45) is 0 Å². The largest absolute Gasteiger partial charge is 0.444 e. The van der Waals surface area contributed by atoms with Gasteiger partial charge in [0, 0.05) is 25.2 Å². The van der Waals surface area contributed by atoms with Gasteiger partial charge >= 0.3 is 6.09 Å². The molecule has 1 heterocycles. The van der Waals surface area contributed by atoms with Gasteiger partial charge in [0.05, 0.1) is 0 Å². The molecule has 1 N–H and O–H groups in total. The Balaban J connectivity index is 2.53. The van der Waals surface area contributed by atoms with E-state index in [1.165, 1.54) is 6.42 Å². The van der Waals surface area contributed by atoms with Gasteiger partial charge in [-0.25, -0.2) is 4.79 Å². The summed E-state index contributed by atoms with van der Waals surface area (Å²) in [5.74, 6) is 0. The second-order valence-corrected chi connectivity index (χ2v) is 6.66. The lowest BCUT2D eigenvalue weighted by molar-refractivity contribution is 0.00971. The van der Waals surface area contributed by atoms with Crippen LogP contribution < -0.4 is 5.32 Å². The van der Waals surface area contributed by atoms with Gasteiger partial charge in [0.2, 0.25) is 0 Å². The molecule has 4 heteroatoms. The molecule has 1 fully saturated rings. The third kappa shape index (κ3) is 5.95. The van der Waals surface area contributed by atoms with Crippen molar-refractivity contribution in [2.75, 3.05) is 13.1 Å². The van der Waals surface area contributed by atoms with Gasteiger partial charge in [0.1, 0.15) is 5.60 Å². The maximum atomic E-state index is 12.3. The quantitative estimate of drug-likeness (QED) is 0.786. The van der Waals surface area contributed by atoms with Crippen LogP contribution in [-0.4, -0.2) is 41.8 Å². The Kier molecular flexibility index (Phi) is 6.53. The van der Waals surface area contributed by atoms with Crippen LogP contribution in [-0.2, 0) is 4.74 Å². The molecule has 1 saturated heterocycles. The van der Waals surface area contributed by atoms with E-state index in [9.17, 15) is 4.79 Å². The average Bonchev–Trinajstić information content (AvgIpc) is 2.35. The van der Waals surface area contributed by atoms with E-state index in [0.717, 1.165) is 32.4 Å². The number of ether oxygens (including phenoxy) is 1. The number of nitrogens with one attached hydrogen (secondary N) is 1. The average molecular weight is 282 g/mol. The number of hydrogen-bond acceptors (Lipinski definition) is 3. The molecule has 116 valence electrons.